The molecule has 1 aromatic carbocycles. The molecular formula is C11H17NO2. The summed E-state index contributed by atoms with van der Waals surface area (Å²) >= 11 is 0. The van der Waals surface area contributed by atoms with Gasteiger partial charge in [0.05, 0.1) is 6.61 Å². The van der Waals surface area contributed by atoms with E-state index in [-0.39, 0.29) is 17.8 Å². The molecule has 14 heavy (non-hydrogen) atoms. The largest absolute Gasteiger partial charge is 0.508 e. The molecule has 0 bridgehead atoms. The summed E-state index contributed by atoms with van der Waals surface area (Å²) in [6.07, 6.45) is 0. The number of rotatable bonds is 3. The van der Waals surface area contributed by atoms with Gasteiger partial charge in [0.25, 0.3) is 0 Å². The number of hydrogen-bond donors (Lipinski definition) is 3. The normalized spacial score (nSPS) is 11.7. The second-order valence-electron chi connectivity index (χ2n) is 4.10. The molecule has 0 spiro atoms. The van der Waals surface area contributed by atoms with Crippen molar-refractivity contribution in [2.75, 3.05) is 6.54 Å². The fourth-order valence-electron chi connectivity index (χ4n) is 1.33. The van der Waals surface area contributed by atoms with Crippen molar-refractivity contribution in [1.29, 1.82) is 0 Å². The monoisotopic (exact) mass is 195 g/mol. The third-order valence-electron chi connectivity index (χ3n) is 2.48. The molecule has 1 rings (SSSR count). The summed E-state index contributed by atoms with van der Waals surface area (Å²) in [4.78, 5) is 0. The molecule has 0 saturated heterocycles. The van der Waals surface area contributed by atoms with Gasteiger partial charge in [-0.3, -0.25) is 0 Å². The average molecular weight is 195 g/mol. The zero-order chi connectivity index (χ0) is 10.8. The van der Waals surface area contributed by atoms with Crippen LogP contribution >= 0.6 is 0 Å². The minimum atomic E-state index is -0.269. The maximum Gasteiger partial charge on any atom is 0.119 e. The topological polar surface area (TPSA) is 66.5 Å². The summed E-state index contributed by atoms with van der Waals surface area (Å²) in [6.45, 7) is 4.36. The Morgan fingerprint density at radius 1 is 1.36 bits per heavy atom. The van der Waals surface area contributed by atoms with Crippen molar-refractivity contribution in [3.63, 3.8) is 0 Å². The fourth-order valence-corrected chi connectivity index (χ4v) is 1.33. The first kappa shape index (κ1) is 11.0. The van der Waals surface area contributed by atoms with Crippen LogP contribution in [0.25, 0.3) is 0 Å². The summed E-state index contributed by atoms with van der Waals surface area (Å²) in [7, 11) is 0. The van der Waals surface area contributed by atoms with Gasteiger partial charge in [0.15, 0.2) is 0 Å². The van der Waals surface area contributed by atoms with Crippen LogP contribution in [0.2, 0.25) is 0 Å². The highest BCUT2D eigenvalue weighted by Gasteiger charge is 2.22. The Morgan fingerprint density at radius 2 is 2.00 bits per heavy atom. The maximum atomic E-state index is 9.66. The van der Waals surface area contributed by atoms with Crippen molar-refractivity contribution in [3.05, 3.63) is 29.3 Å². The number of nitrogens with two attached hydrogens (primary N) is 1. The molecule has 0 aromatic heterocycles. The first-order chi connectivity index (χ1) is 6.51. The van der Waals surface area contributed by atoms with Crippen LogP contribution in [0.3, 0.4) is 0 Å². The molecular weight excluding hydrogens is 178 g/mol. The first-order valence-corrected chi connectivity index (χ1v) is 4.64. The van der Waals surface area contributed by atoms with Gasteiger partial charge >= 0.3 is 0 Å². The van der Waals surface area contributed by atoms with Crippen LogP contribution in [-0.4, -0.2) is 16.8 Å². The summed E-state index contributed by atoms with van der Waals surface area (Å²) in [5.41, 5.74) is 6.93. The molecule has 78 valence electrons. The van der Waals surface area contributed by atoms with E-state index in [9.17, 15) is 5.11 Å². The molecule has 0 saturated carbocycles. The van der Waals surface area contributed by atoms with E-state index in [1.54, 1.807) is 18.2 Å². The molecule has 3 heteroatoms. The number of benzene rings is 1. The lowest BCUT2D eigenvalue weighted by Gasteiger charge is -2.24. The van der Waals surface area contributed by atoms with E-state index in [4.69, 9.17) is 10.8 Å². The van der Waals surface area contributed by atoms with Crippen LogP contribution < -0.4 is 5.73 Å². The number of phenols is 1. The lowest BCUT2D eigenvalue weighted by atomic mass is 9.83. The standard InChI is InChI=1S/C11H17NO2/c1-11(2,7-12)9-5-8(6-13)3-4-10(9)14/h3-5,13-14H,6-7,12H2,1-2H3. The Hall–Kier alpha value is -1.06. The smallest absolute Gasteiger partial charge is 0.119 e. The molecule has 0 unspecified atom stereocenters. The minimum Gasteiger partial charge on any atom is -0.508 e. The predicted molar refractivity (Wildman–Crippen MR) is 56.1 cm³/mol. The van der Waals surface area contributed by atoms with E-state index in [0.29, 0.717) is 6.54 Å². The Morgan fingerprint density at radius 3 is 2.50 bits per heavy atom. The molecule has 0 aliphatic rings. The van der Waals surface area contributed by atoms with Gasteiger partial charge in [-0.15, -0.1) is 0 Å². The summed E-state index contributed by atoms with van der Waals surface area (Å²) in [5.74, 6) is 0.234. The van der Waals surface area contributed by atoms with Crippen LogP contribution in [0.4, 0.5) is 0 Å². The average Bonchev–Trinajstić information content (AvgIpc) is 2.18. The van der Waals surface area contributed by atoms with Crippen molar-refractivity contribution in [2.45, 2.75) is 25.9 Å². The highest BCUT2D eigenvalue weighted by Crippen LogP contribution is 2.30. The van der Waals surface area contributed by atoms with Crippen molar-refractivity contribution < 1.29 is 10.2 Å². The maximum absolute atomic E-state index is 9.66. The Bertz CT molecular complexity index is 321. The second-order valence-corrected chi connectivity index (χ2v) is 4.10. The lowest BCUT2D eigenvalue weighted by Crippen LogP contribution is -2.28. The van der Waals surface area contributed by atoms with Crippen molar-refractivity contribution in [2.24, 2.45) is 5.73 Å². The molecule has 4 N–H and O–H groups in total. The van der Waals surface area contributed by atoms with Gasteiger partial charge in [-0.25, -0.2) is 0 Å². The Kier molecular flexibility index (Phi) is 3.13. The lowest BCUT2D eigenvalue weighted by molar-refractivity contribution is 0.281. The van der Waals surface area contributed by atoms with Crippen LogP contribution in [0.5, 0.6) is 5.75 Å². The van der Waals surface area contributed by atoms with E-state index in [1.165, 1.54) is 0 Å². The van der Waals surface area contributed by atoms with Gasteiger partial charge in [-0.05, 0) is 17.7 Å². The molecule has 3 nitrogen and oxygen atoms in total. The number of aliphatic hydroxyl groups excluding tert-OH is 1. The SMILES string of the molecule is CC(C)(CN)c1cc(CO)ccc1O. The van der Waals surface area contributed by atoms with Crippen LogP contribution in [-0.2, 0) is 12.0 Å². The quantitative estimate of drug-likeness (QED) is 0.677. The molecule has 1 aromatic rings. The third-order valence-corrected chi connectivity index (χ3v) is 2.48. The summed E-state index contributed by atoms with van der Waals surface area (Å²) in [5, 5.41) is 18.6. The third kappa shape index (κ3) is 2.05. The van der Waals surface area contributed by atoms with Gasteiger partial charge in [0.2, 0.25) is 0 Å². The molecule has 0 fully saturated rings. The van der Waals surface area contributed by atoms with E-state index in [2.05, 4.69) is 0 Å². The van der Waals surface area contributed by atoms with Crippen LogP contribution in [0.15, 0.2) is 18.2 Å². The van der Waals surface area contributed by atoms with Gasteiger partial charge in [-0.1, -0.05) is 19.9 Å². The van der Waals surface area contributed by atoms with E-state index >= 15 is 0 Å². The molecule has 0 radical (unpaired) electrons. The zero-order valence-corrected chi connectivity index (χ0v) is 8.62. The summed E-state index contributed by atoms with van der Waals surface area (Å²) < 4.78 is 0. The van der Waals surface area contributed by atoms with Gasteiger partial charge in [-0.2, -0.15) is 0 Å². The number of aromatic hydroxyl groups is 1. The number of hydrogen-bond acceptors (Lipinski definition) is 3. The van der Waals surface area contributed by atoms with E-state index in [0.717, 1.165) is 11.1 Å². The molecule has 0 aliphatic heterocycles. The fraction of sp³-hybridized carbons (Fsp3) is 0.455. The Balaban J connectivity index is 3.18. The van der Waals surface area contributed by atoms with Gasteiger partial charge < -0.3 is 15.9 Å². The van der Waals surface area contributed by atoms with Gasteiger partial charge in [0, 0.05) is 17.5 Å². The Labute approximate surface area is 84.2 Å². The molecule has 0 amide bonds. The van der Waals surface area contributed by atoms with E-state index in [1.807, 2.05) is 13.8 Å². The zero-order valence-electron chi connectivity index (χ0n) is 8.62. The molecule has 0 aliphatic carbocycles. The second kappa shape index (κ2) is 3.98. The van der Waals surface area contributed by atoms with Crippen LogP contribution in [0.1, 0.15) is 25.0 Å². The summed E-state index contributed by atoms with van der Waals surface area (Å²) in [6, 6.07) is 5.09. The highest BCUT2D eigenvalue weighted by atomic mass is 16.3. The first-order valence-electron chi connectivity index (χ1n) is 4.64. The highest BCUT2D eigenvalue weighted by molar-refractivity contribution is 5.41. The number of aliphatic hydroxyl groups is 1. The molecule has 0 atom stereocenters. The predicted octanol–water partition coefficient (Wildman–Crippen LogP) is 1.12. The van der Waals surface area contributed by atoms with Crippen LogP contribution in [0, 0.1) is 0 Å². The van der Waals surface area contributed by atoms with Crippen molar-refractivity contribution >= 4 is 0 Å². The van der Waals surface area contributed by atoms with Crippen molar-refractivity contribution in [3.8, 4) is 5.75 Å². The number of phenolic OH excluding ortho intramolecular Hbond substituents is 1. The van der Waals surface area contributed by atoms with E-state index < -0.39 is 0 Å². The minimum absolute atomic E-state index is 0.0199. The van der Waals surface area contributed by atoms with Crippen molar-refractivity contribution in [1.82, 2.24) is 0 Å². The molecule has 0 heterocycles. The van der Waals surface area contributed by atoms with Gasteiger partial charge in [0.1, 0.15) is 5.75 Å².